The molecule has 0 spiro atoms. The van der Waals surface area contributed by atoms with Gasteiger partial charge in [-0.25, -0.2) is 4.98 Å². The molecule has 1 atom stereocenters. The molecule has 0 amide bonds. The molecular weight excluding hydrogens is 230 g/mol. The molecule has 2 rings (SSSR count). The third-order valence-corrected chi connectivity index (χ3v) is 3.25. The average Bonchev–Trinajstić information content (AvgIpc) is 2.36. The van der Waals surface area contributed by atoms with Crippen LogP contribution < -0.4 is 16.6 Å². The first-order valence-corrected chi connectivity index (χ1v) is 6.52. The average molecular weight is 251 g/mol. The molecule has 100 valence electrons. The minimum Gasteiger partial charge on any atom is -0.383 e. The highest BCUT2D eigenvalue weighted by Gasteiger charge is 2.23. The topological polar surface area (TPSA) is 87.0 Å². The van der Waals surface area contributed by atoms with Gasteiger partial charge in [0.05, 0.1) is 6.04 Å². The van der Waals surface area contributed by atoms with Gasteiger partial charge < -0.3 is 16.0 Å². The van der Waals surface area contributed by atoms with E-state index < -0.39 is 0 Å². The maximum Gasteiger partial charge on any atom is 0.253 e. The minimum absolute atomic E-state index is 0.160. The normalized spacial score (nSPS) is 18.7. The van der Waals surface area contributed by atoms with Crippen molar-refractivity contribution in [2.75, 3.05) is 31.9 Å². The largest absolute Gasteiger partial charge is 0.383 e. The van der Waals surface area contributed by atoms with Crippen LogP contribution in [0.4, 0.5) is 5.82 Å². The molecule has 18 heavy (non-hydrogen) atoms. The maximum atomic E-state index is 11.5. The van der Waals surface area contributed by atoms with Gasteiger partial charge in [-0.2, -0.15) is 0 Å². The van der Waals surface area contributed by atoms with Crippen molar-refractivity contribution in [3.05, 3.63) is 22.2 Å². The Kier molecular flexibility index (Phi) is 4.33. The number of rotatable bonds is 4. The van der Waals surface area contributed by atoms with Crippen molar-refractivity contribution in [3.63, 3.8) is 0 Å². The predicted octanol–water partition coefficient (Wildman–Crippen LogP) is 0.0985. The molecule has 6 heteroatoms. The standard InChI is InChI=1S/C12H21N5O/c1-2-3-9(17-6-4-14-5-7-17)12-15-10(13)8-11(18)16-12/h8-9,14H,2-7H2,1H3,(H3,13,15,16,18). The van der Waals surface area contributed by atoms with Gasteiger partial charge in [0.2, 0.25) is 0 Å². The van der Waals surface area contributed by atoms with E-state index in [-0.39, 0.29) is 11.6 Å². The van der Waals surface area contributed by atoms with E-state index in [2.05, 4.69) is 27.1 Å². The molecule has 1 aromatic rings. The molecule has 0 aliphatic carbocycles. The second-order valence-corrected chi connectivity index (χ2v) is 4.65. The van der Waals surface area contributed by atoms with Crippen molar-refractivity contribution in [1.29, 1.82) is 0 Å². The number of aromatic amines is 1. The molecule has 0 radical (unpaired) electrons. The summed E-state index contributed by atoms with van der Waals surface area (Å²) in [5.41, 5.74) is 5.49. The molecule has 0 bridgehead atoms. The van der Waals surface area contributed by atoms with Gasteiger partial charge in [0.25, 0.3) is 5.56 Å². The fourth-order valence-corrected chi connectivity index (χ4v) is 2.41. The molecule has 1 saturated heterocycles. The molecular formula is C12H21N5O. The maximum absolute atomic E-state index is 11.5. The minimum atomic E-state index is -0.172. The number of nitrogens with one attached hydrogen (secondary N) is 2. The zero-order chi connectivity index (χ0) is 13.0. The Hall–Kier alpha value is -1.40. The van der Waals surface area contributed by atoms with Crippen molar-refractivity contribution in [1.82, 2.24) is 20.2 Å². The van der Waals surface area contributed by atoms with Crippen molar-refractivity contribution in [3.8, 4) is 0 Å². The van der Waals surface area contributed by atoms with Crippen LogP contribution in [0.3, 0.4) is 0 Å². The third kappa shape index (κ3) is 3.08. The molecule has 6 nitrogen and oxygen atoms in total. The number of piperazine rings is 1. The molecule has 1 fully saturated rings. The van der Waals surface area contributed by atoms with Crippen LogP contribution in [-0.4, -0.2) is 41.0 Å². The van der Waals surface area contributed by atoms with Gasteiger partial charge >= 0.3 is 0 Å². The number of aromatic nitrogens is 2. The Bertz CT molecular complexity index is 438. The summed E-state index contributed by atoms with van der Waals surface area (Å²) < 4.78 is 0. The van der Waals surface area contributed by atoms with Gasteiger partial charge in [-0.15, -0.1) is 0 Å². The van der Waals surface area contributed by atoms with Crippen LogP contribution in [0.25, 0.3) is 0 Å². The van der Waals surface area contributed by atoms with Crippen LogP contribution >= 0.6 is 0 Å². The lowest BCUT2D eigenvalue weighted by atomic mass is 10.1. The number of hydrogen-bond donors (Lipinski definition) is 3. The lowest BCUT2D eigenvalue weighted by molar-refractivity contribution is 0.158. The van der Waals surface area contributed by atoms with E-state index >= 15 is 0 Å². The number of H-pyrrole nitrogens is 1. The van der Waals surface area contributed by atoms with E-state index in [0.717, 1.165) is 39.0 Å². The zero-order valence-corrected chi connectivity index (χ0v) is 10.8. The summed E-state index contributed by atoms with van der Waals surface area (Å²) in [6.07, 6.45) is 2.03. The number of nitrogens with two attached hydrogens (primary N) is 1. The fraction of sp³-hybridized carbons (Fsp3) is 0.667. The van der Waals surface area contributed by atoms with Gasteiger partial charge in [0, 0.05) is 32.2 Å². The Balaban J connectivity index is 2.24. The lowest BCUT2D eigenvalue weighted by Gasteiger charge is -2.34. The summed E-state index contributed by atoms with van der Waals surface area (Å²) in [4.78, 5) is 21.0. The molecule has 1 unspecified atom stereocenters. The zero-order valence-electron chi connectivity index (χ0n) is 10.8. The number of anilines is 1. The van der Waals surface area contributed by atoms with E-state index in [1.54, 1.807) is 0 Å². The highest BCUT2D eigenvalue weighted by molar-refractivity contribution is 5.26. The summed E-state index contributed by atoms with van der Waals surface area (Å²) in [5.74, 6) is 0.994. The smallest absolute Gasteiger partial charge is 0.253 e. The quantitative estimate of drug-likeness (QED) is 0.706. The number of nitrogen functional groups attached to an aromatic ring is 1. The third-order valence-electron chi connectivity index (χ3n) is 3.25. The SMILES string of the molecule is CCCC(c1nc(N)cc(=O)[nH]1)N1CCNCC1. The molecule has 1 aliphatic rings. The first kappa shape index (κ1) is 13.0. The molecule has 0 saturated carbocycles. The van der Waals surface area contributed by atoms with Gasteiger partial charge in [-0.1, -0.05) is 13.3 Å². The summed E-state index contributed by atoms with van der Waals surface area (Å²) in [6.45, 7) is 6.05. The summed E-state index contributed by atoms with van der Waals surface area (Å²) in [6, 6.07) is 1.48. The van der Waals surface area contributed by atoms with E-state index in [1.165, 1.54) is 6.07 Å². The first-order chi connectivity index (χ1) is 8.70. The van der Waals surface area contributed by atoms with Crippen LogP contribution in [-0.2, 0) is 0 Å². The van der Waals surface area contributed by atoms with Crippen LogP contribution in [0.15, 0.2) is 10.9 Å². The van der Waals surface area contributed by atoms with E-state index in [9.17, 15) is 4.79 Å². The van der Waals surface area contributed by atoms with Crippen molar-refractivity contribution in [2.24, 2.45) is 0 Å². The predicted molar refractivity (Wildman–Crippen MR) is 71.4 cm³/mol. The van der Waals surface area contributed by atoms with Crippen LogP contribution in [0, 0.1) is 0 Å². The number of hydrogen-bond acceptors (Lipinski definition) is 5. The summed E-state index contributed by atoms with van der Waals surface area (Å²) in [5, 5.41) is 3.33. The van der Waals surface area contributed by atoms with Gasteiger partial charge in [0.15, 0.2) is 0 Å². The second-order valence-electron chi connectivity index (χ2n) is 4.65. The molecule has 0 aromatic carbocycles. The first-order valence-electron chi connectivity index (χ1n) is 6.52. The Morgan fingerprint density at radius 2 is 2.22 bits per heavy atom. The molecule has 2 heterocycles. The second kappa shape index (κ2) is 5.97. The van der Waals surface area contributed by atoms with Gasteiger partial charge in [0.1, 0.15) is 11.6 Å². The molecule has 4 N–H and O–H groups in total. The van der Waals surface area contributed by atoms with Crippen molar-refractivity contribution in [2.45, 2.75) is 25.8 Å². The van der Waals surface area contributed by atoms with Crippen LogP contribution in [0.2, 0.25) is 0 Å². The highest BCUT2D eigenvalue weighted by Crippen LogP contribution is 2.22. The van der Waals surface area contributed by atoms with E-state index in [1.807, 2.05) is 0 Å². The Morgan fingerprint density at radius 1 is 1.50 bits per heavy atom. The molecule has 1 aliphatic heterocycles. The van der Waals surface area contributed by atoms with Crippen molar-refractivity contribution >= 4 is 5.82 Å². The van der Waals surface area contributed by atoms with Crippen LogP contribution in [0.5, 0.6) is 0 Å². The summed E-state index contributed by atoms with van der Waals surface area (Å²) >= 11 is 0. The highest BCUT2D eigenvalue weighted by atomic mass is 16.1. The number of nitrogens with zero attached hydrogens (tertiary/aromatic N) is 2. The summed E-state index contributed by atoms with van der Waals surface area (Å²) in [7, 11) is 0. The van der Waals surface area contributed by atoms with Crippen molar-refractivity contribution < 1.29 is 0 Å². The van der Waals surface area contributed by atoms with Gasteiger partial charge in [-0.3, -0.25) is 9.69 Å². The lowest BCUT2D eigenvalue weighted by Crippen LogP contribution is -2.45. The van der Waals surface area contributed by atoms with E-state index in [0.29, 0.717) is 11.6 Å². The molecule has 1 aromatic heterocycles. The van der Waals surface area contributed by atoms with E-state index in [4.69, 9.17) is 5.73 Å². The Morgan fingerprint density at radius 3 is 2.83 bits per heavy atom. The van der Waals surface area contributed by atoms with Crippen LogP contribution in [0.1, 0.15) is 31.6 Å². The fourth-order valence-electron chi connectivity index (χ4n) is 2.41. The monoisotopic (exact) mass is 251 g/mol. The van der Waals surface area contributed by atoms with Gasteiger partial charge in [-0.05, 0) is 6.42 Å². The Labute approximate surface area is 107 Å².